The summed E-state index contributed by atoms with van der Waals surface area (Å²) in [7, 11) is 6.08. The lowest BCUT2D eigenvalue weighted by Crippen LogP contribution is -2.11. The van der Waals surface area contributed by atoms with E-state index in [0.717, 1.165) is 5.56 Å². The van der Waals surface area contributed by atoms with Crippen molar-refractivity contribution in [3.8, 4) is 28.7 Å². The van der Waals surface area contributed by atoms with Crippen LogP contribution in [0.5, 0.6) is 28.7 Å². The molecular formula is C21H25NO6. The number of carbonyl (C=O) groups is 1. The minimum Gasteiger partial charge on any atom is -0.493 e. The van der Waals surface area contributed by atoms with Crippen LogP contribution in [0, 0.1) is 0 Å². The molecule has 0 saturated carbocycles. The molecule has 0 fully saturated rings. The summed E-state index contributed by atoms with van der Waals surface area (Å²) in [4.78, 5) is 12.6. The van der Waals surface area contributed by atoms with Crippen molar-refractivity contribution in [3.05, 3.63) is 47.5 Å². The van der Waals surface area contributed by atoms with Gasteiger partial charge >= 0.3 is 0 Å². The van der Waals surface area contributed by atoms with E-state index >= 15 is 0 Å². The smallest absolute Gasteiger partial charge is 0.203 e. The van der Waals surface area contributed by atoms with Crippen molar-refractivity contribution in [2.24, 2.45) is 5.73 Å². The fraction of sp³-hybridized carbons (Fsp3) is 0.286. The molecule has 2 aromatic rings. The molecule has 0 spiro atoms. The predicted octanol–water partition coefficient (Wildman–Crippen LogP) is 2.95. The van der Waals surface area contributed by atoms with E-state index in [0.29, 0.717) is 47.5 Å². The van der Waals surface area contributed by atoms with Gasteiger partial charge in [0.05, 0.1) is 28.4 Å². The first-order valence-electron chi connectivity index (χ1n) is 8.61. The largest absolute Gasteiger partial charge is 0.493 e. The van der Waals surface area contributed by atoms with Crippen molar-refractivity contribution in [1.82, 2.24) is 0 Å². The highest BCUT2D eigenvalue weighted by molar-refractivity contribution is 6.07. The highest BCUT2D eigenvalue weighted by Gasteiger charge is 2.15. The van der Waals surface area contributed by atoms with Gasteiger partial charge in [-0.15, -0.1) is 0 Å². The zero-order valence-electron chi connectivity index (χ0n) is 16.5. The Morgan fingerprint density at radius 2 is 1.54 bits per heavy atom. The second kappa shape index (κ2) is 10.2. The number of allylic oxidation sites excluding steroid dienone is 1. The molecule has 28 heavy (non-hydrogen) atoms. The third kappa shape index (κ3) is 4.95. The van der Waals surface area contributed by atoms with Gasteiger partial charge in [0, 0.05) is 12.1 Å². The summed E-state index contributed by atoms with van der Waals surface area (Å²) < 4.78 is 26.7. The summed E-state index contributed by atoms with van der Waals surface area (Å²) in [6.07, 6.45) is 3.16. The first-order valence-corrected chi connectivity index (χ1v) is 8.61. The molecular weight excluding hydrogens is 362 g/mol. The van der Waals surface area contributed by atoms with Crippen LogP contribution in [0.2, 0.25) is 0 Å². The Bertz CT molecular complexity index is 822. The molecule has 0 aliphatic carbocycles. The van der Waals surface area contributed by atoms with Gasteiger partial charge in [-0.3, -0.25) is 4.79 Å². The van der Waals surface area contributed by atoms with Crippen LogP contribution in [-0.2, 0) is 0 Å². The van der Waals surface area contributed by atoms with Crippen molar-refractivity contribution >= 4 is 11.9 Å². The zero-order chi connectivity index (χ0) is 20.5. The number of ether oxygens (including phenoxy) is 5. The first kappa shape index (κ1) is 21.1. The molecule has 0 bridgehead atoms. The van der Waals surface area contributed by atoms with Gasteiger partial charge in [0.1, 0.15) is 6.61 Å². The van der Waals surface area contributed by atoms with Gasteiger partial charge in [0.25, 0.3) is 0 Å². The Kier molecular flexibility index (Phi) is 7.71. The number of nitrogens with two attached hydrogens (primary N) is 1. The van der Waals surface area contributed by atoms with Crippen molar-refractivity contribution in [3.63, 3.8) is 0 Å². The van der Waals surface area contributed by atoms with E-state index in [1.807, 2.05) is 6.07 Å². The molecule has 0 aromatic heterocycles. The standard InChI is InChI=1S/C21H25NO6/c1-24-17-8-6-14(11-18(17)28-10-9-22)5-7-16(23)15-12-19(25-2)21(27-4)20(13-15)26-3/h5-8,11-13H,9-10,22H2,1-4H3/b7-5+. The SMILES string of the molecule is COc1ccc(/C=C/C(=O)c2cc(OC)c(OC)c(OC)c2)cc1OCCN. The molecule has 0 saturated heterocycles. The van der Waals surface area contributed by atoms with Gasteiger partial charge in [-0.2, -0.15) is 0 Å². The number of rotatable bonds is 10. The van der Waals surface area contributed by atoms with Gasteiger partial charge < -0.3 is 29.4 Å². The average Bonchev–Trinajstić information content (AvgIpc) is 2.74. The second-order valence-corrected chi connectivity index (χ2v) is 5.66. The normalized spacial score (nSPS) is 10.6. The van der Waals surface area contributed by atoms with Crippen LogP contribution in [0.4, 0.5) is 0 Å². The van der Waals surface area contributed by atoms with E-state index in [-0.39, 0.29) is 5.78 Å². The van der Waals surface area contributed by atoms with E-state index in [2.05, 4.69) is 0 Å². The van der Waals surface area contributed by atoms with Gasteiger partial charge in [-0.1, -0.05) is 12.1 Å². The van der Waals surface area contributed by atoms with E-state index in [1.54, 1.807) is 37.5 Å². The molecule has 2 N–H and O–H groups in total. The fourth-order valence-electron chi connectivity index (χ4n) is 2.57. The average molecular weight is 387 g/mol. The van der Waals surface area contributed by atoms with Gasteiger partial charge in [0.15, 0.2) is 28.8 Å². The highest BCUT2D eigenvalue weighted by atomic mass is 16.5. The third-order valence-corrected chi connectivity index (χ3v) is 3.94. The molecule has 0 unspecified atom stereocenters. The monoisotopic (exact) mass is 387 g/mol. The highest BCUT2D eigenvalue weighted by Crippen LogP contribution is 2.38. The van der Waals surface area contributed by atoms with Crippen LogP contribution in [-0.4, -0.2) is 47.4 Å². The molecule has 2 aromatic carbocycles. The summed E-state index contributed by atoms with van der Waals surface area (Å²) in [5.74, 6) is 2.22. The van der Waals surface area contributed by atoms with Crippen molar-refractivity contribution in [2.75, 3.05) is 41.6 Å². The van der Waals surface area contributed by atoms with Gasteiger partial charge in [-0.05, 0) is 35.9 Å². The Morgan fingerprint density at radius 3 is 2.07 bits per heavy atom. The summed E-state index contributed by atoms with van der Waals surface area (Å²) in [5.41, 5.74) is 6.68. The zero-order valence-corrected chi connectivity index (χ0v) is 16.5. The molecule has 0 aliphatic heterocycles. The van der Waals surface area contributed by atoms with Gasteiger partial charge in [-0.25, -0.2) is 0 Å². The minimum atomic E-state index is -0.209. The number of carbonyl (C=O) groups excluding carboxylic acids is 1. The molecule has 0 atom stereocenters. The number of benzene rings is 2. The van der Waals surface area contributed by atoms with E-state index in [9.17, 15) is 4.79 Å². The van der Waals surface area contributed by atoms with Crippen molar-refractivity contribution in [1.29, 1.82) is 0 Å². The molecule has 0 amide bonds. The van der Waals surface area contributed by atoms with Crippen molar-refractivity contribution < 1.29 is 28.5 Å². The topological polar surface area (TPSA) is 89.2 Å². The number of hydrogen-bond acceptors (Lipinski definition) is 7. The molecule has 2 rings (SSSR count). The van der Waals surface area contributed by atoms with Gasteiger partial charge in [0.2, 0.25) is 5.75 Å². The lowest BCUT2D eigenvalue weighted by atomic mass is 10.1. The number of hydrogen-bond donors (Lipinski definition) is 1. The van der Waals surface area contributed by atoms with Crippen LogP contribution in [0.25, 0.3) is 6.08 Å². The Balaban J connectivity index is 2.28. The number of ketones is 1. The maximum Gasteiger partial charge on any atom is 0.203 e. The molecule has 0 radical (unpaired) electrons. The lowest BCUT2D eigenvalue weighted by molar-refractivity contribution is 0.104. The van der Waals surface area contributed by atoms with Crippen molar-refractivity contribution in [2.45, 2.75) is 0 Å². The molecule has 7 heteroatoms. The lowest BCUT2D eigenvalue weighted by Gasteiger charge is -2.13. The molecule has 7 nitrogen and oxygen atoms in total. The Labute approximate surface area is 164 Å². The first-order chi connectivity index (χ1) is 13.6. The number of methoxy groups -OCH3 is 4. The quantitative estimate of drug-likeness (QED) is 0.495. The predicted molar refractivity (Wildman–Crippen MR) is 107 cm³/mol. The Hall–Kier alpha value is -3.19. The summed E-state index contributed by atoms with van der Waals surface area (Å²) in [6.45, 7) is 0.761. The molecule has 0 aliphatic rings. The summed E-state index contributed by atoms with van der Waals surface area (Å²) >= 11 is 0. The minimum absolute atomic E-state index is 0.209. The van der Waals surface area contributed by atoms with Crippen LogP contribution in [0.3, 0.4) is 0 Å². The van der Waals surface area contributed by atoms with Crippen LogP contribution in [0.15, 0.2) is 36.4 Å². The van der Waals surface area contributed by atoms with Crippen LogP contribution < -0.4 is 29.4 Å². The summed E-state index contributed by atoms with van der Waals surface area (Å²) in [6, 6.07) is 8.60. The third-order valence-electron chi connectivity index (χ3n) is 3.94. The summed E-state index contributed by atoms with van der Waals surface area (Å²) in [5, 5.41) is 0. The van der Waals surface area contributed by atoms with Crippen LogP contribution in [0.1, 0.15) is 15.9 Å². The second-order valence-electron chi connectivity index (χ2n) is 5.66. The molecule has 0 heterocycles. The van der Waals surface area contributed by atoms with E-state index in [1.165, 1.54) is 27.4 Å². The molecule has 150 valence electrons. The maximum absolute atomic E-state index is 12.6. The fourth-order valence-corrected chi connectivity index (χ4v) is 2.57. The van der Waals surface area contributed by atoms with Crippen LogP contribution >= 0.6 is 0 Å². The van der Waals surface area contributed by atoms with E-state index < -0.39 is 0 Å². The maximum atomic E-state index is 12.6. The Morgan fingerprint density at radius 1 is 0.893 bits per heavy atom. The van der Waals surface area contributed by atoms with E-state index in [4.69, 9.17) is 29.4 Å².